The van der Waals surface area contributed by atoms with E-state index in [9.17, 15) is 22.4 Å². The second kappa shape index (κ2) is 6.58. The summed E-state index contributed by atoms with van der Waals surface area (Å²) < 4.78 is 57.6. The molecule has 0 spiro atoms. The van der Waals surface area contributed by atoms with Crippen molar-refractivity contribution in [3.05, 3.63) is 76.1 Å². The third-order valence-corrected chi connectivity index (χ3v) is 3.38. The highest BCUT2D eigenvalue weighted by Gasteiger charge is 2.32. The Hall–Kier alpha value is -3.23. The summed E-state index contributed by atoms with van der Waals surface area (Å²) in [5.74, 6) is -0.678. The van der Waals surface area contributed by atoms with Crippen molar-refractivity contribution >= 4 is 0 Å². The van der Waals surface area contributed by atoms with Crippen LogP contribution in [0.15, 0.2) is 53.5 Å². The van der Waals surface area contributed by atoms with Gasteiger partial charge in [-0.05, 0) is 37.3 Å². The summed E-state index contributed by atoms with van der Waals surface area (Å²) in [6.45, 7) is 1.53. The van der Waals surface area contributed by atoms with Crippen LogP contribution in [0.5, 0.6) is 11.6 Å². The van der Waals surface area contributed by atoms with Gasteiger partial charge in [-0.1, -0.05) is 0 Å². The van der Waals surface area contributed by atoms with Gasteiger partial charge in [0, 0.05) is 23.9 Å². The van der Waals surface area contributed by atoms with Gasteiger partial charge in [-0.25, -0.2) is 4.39 Å². The van der Waals surface area contributed by atoms with Gasteiger partial charge in [0.05, 0.1) is 5.69 Å². The lowest BCUT2D eigenvalue weighted by Gasteiger charge is -2.12. The molecule has 2 heterocycles. The summed E-state index contributed by atoms with van der Waals surface area (Å²) in [6.07, 6.45) is -3.65. The molecule has 0 bridgehead atoms. The van der Waals surface area contributed by atoms with Gasteiger partial charge in [0.15, 0.2) is 0 Å². The van der Waals surface area contributed by atoms with Crippen molar-refractivity contribution in [3.8, 4) is 17.3 Å². The van der Waals surface area contributed by atoms with Crippen LogP contribution in [-0.2, 0) is 6.18 Å². The molecule has 0 aliphatic carbocycles. The van der Waals surface area contributed by atoms with Gasteiger partial charge in [-0.15, -0.1) is 5.10 Å². The van der Waals surface area contributed by atoms with Gasteiger partial charge in [0.2, 0.25) is 5.88 Å². The zero-order valence-corrected chi connectivity index (χ0v) is 13.3. The molecule has 1 aromatic carbocycles. The molecule has 3 aromatic rings. The van der Waals surface area contributed by atoms with Crippen LogP contribution < -0.4 is 10.3 Å². The first-order chi connectivity index (χ1) is 12.2. The molecule has 0 radical (unpaired) electrons. The van der Waals surface area contributed by atoms with Gasteiger partial charge in [-0.2, -0.15) is 17.9 Å². The molecule has 0 aliphatic rings. The molecule has 3 rings (SSSR count). The number of halogens is 4. The number of aromatic nitrogens is 3. The average Bonchev–Trinajstić information content (AvgIpc) is 2.58. The Morgan fingerprint density at radius 3 is 2.42 bits per heavy atom. The monoisotopic (exact) mass is 365 g/mol. The maximum Gasteiger partial charge on any atom is 0.433 e. The Bertz CT molecular complexity index is 998. The van der Waals surface area contributed by atoms with Crippen LogP contribution in [0, 0.1) is 12.7 Å². The van der Waals surface area contributed by atoms with E-state index in [0.717, 1.165) is 29.1 Å². The molecule has 0 amide bonds. The average molecular weight is 365 g/mol. The molecule has 2 aromatic heterocycles. The van der Waals surface area contributed by atoms with Crippen LogP contribution >= 0.6 is 0 Å². The molecule has 26 heavy (non-hydrogen) atoms. The van der Waals surface area contributed by atoms with Crippen LogP contribution in [0.3, 0.4) is 0 Å². The fourth-order valence-corrected chi connectivity index (χ4v) is 2.14. The van der Waals surface area contributed by atoms with Crippen molar-refractivity contribution in [3.63, 3.8) is 0 Å². The van der Waals surface area contributed by atoms with Crippen LogP contribution in [0.2, 0.25) is 0 Å². The SMILES string of the molecule is Cc1cc(=O)n(-c2ccc(F)cc2)nc1Oc1ccnc(C(F)(F)F)c1. The van der Waals surface area contributed by atoms with Gasteiger partial charge >= 0.3 is 6.18 Å². The summed E-state index contributed by atoms with van der Waals surface area (Å²) >= 11 is 0. The van der Waals surface area contributed by atoms with Gasteiger partial charge in [0.1, 0.15) is 17.3 Å². The number of hydrogen-bond donors (Lipinski definition) is 0. The first kappa shape index (κ1) is 17.6. The highest BCUT2D eigenvalue weighted by Crippen LogP contribution is 2.31. The van der Waals surface area contributed by atoms with E-state index in [4.69, 9.17) is 4.74 Å². The Morgan fingerprint density at radius 2 is 1.77 bits per heavy atom. The minimum absolute atomic E-state index is 0.0618. The van der Waals surface area contributed by atoms with Crippen molar-refractivity contribution in [2.24, 2.45) is 0 Å². The van der Waals surface area contributed by atoms with Crippen molar-refractivity contribution in [1.29, 1.82) is 0 Å². The van der Waals surface area contributed by atoms with E-state index in [-0.39, 0.29) is 17.3 Å². The van der Waals surface area contributed by atoms with Crippen molar-refractivity contribution in [2.45, 2.75) is 13.1 Å². The van der Waals surface area contributed by atoms with E-state index >= 15 is 0 Å². The number of aryl methyl sites for hydroxylation is 1. The second-order valence-electron chi connectivity index (χ2n) is 5.34. The molecular weight excluding hydrogens is 354 g/mol. The second-order valence-corrected chi connectivity index (χ2v) is 5.34. The highest BCUT2D eigenvalue weighted by molar-refractivity contribution is 5.35. The number of pyridine rings is 1. The largest absolute Gasteiger partial charge is 0.437 e. The highest BCUT2D eigenvalue weighted by atomic mass is 19.4. The smallest absolute Gasteiger partial charge is 0.433 e. The first-order valence-electron chi connectivity index (χ1n) is 7.32. The minimum atomic E-state index is -4.62. The molecule has 0 saturated heterocycles. The van der Waals surface area contributed by atoms with Gasteiger partial charge < -0.3 is 4.74 Å². The number of alkyl halides is 3. The molecular formula is C17H11F4N3O2. The van der Waals surface area contributed by atoms with Crippen molar-refractivity contribution in [2.75, 3.05) is 0 Å². The predicted molar refractivity (Wildman–Crippen MR) is 83.8 cm³/mol. The molecule has 134 valence electrons. The topological polar surface area (TPSA) is 57.0 Å². The number of rotatable bonds is 3. The summed E-state index contributed by atoms with van der Waals surface area (Å²) in [7, 11) is 0. The molecule has 0 aliphatic heterocycles. The molecule has 0 N–H and O–H groups in total. The maximum atomic E-state index is 13.0. The Morgan fingerprint density at radius 1 is 1.08 bits per heavy atom. The molecule has 9 heteroatoms. The van der Waals surface area contributed by atoms with E-state index in [1.807, 2.05) is 0 Å². The summed E-state index contributed by atoms with van der Waals surface area (Å²) in [6, 6.07) is 8.19. The summed E-state index contributed by atoms with van der Waals surface area (Å²) in [4.78, 5) is 15.4. The molecule has 0 fully saturated rings. The van der Waals surface area contributed by atoms with Crippen LogP contribution in [0.1, 0.15) is 11.3 Å². The zero-order valence-electron chi connectivity index (χ0n) is 13.3. The summed E-state index contributed by atoms with van der Waals surface area (Å²) in [5.41, 5.74) is -0.989. The maximum absolute atomic E-state index is 13.0. The van der Waals surface area contributed by atoms with Crippen molar-refractivity contribution < 1.29 is 22.3 Å². The van der Waals surface area contributed by atoms with E-state index in [1.165, 1.54) is 31.2 Å². The molecule has 5 nitrogen and oxygen atoms in total. The van der Waals surface area contributed by atoms with E-state index in [2.05, 4.69) is 10.1 Å². The van der Waals surface area contributed by atoms with Gasteiger partial charge in [-0.3, -0.25) is 9.78 Å². The normalized spacial score (nSPS) is 11.4. The van der Waals surface area contributed by atoms with E-state index < -0.39 is 23.2 Å². The van der Waals surface area contributed by atoms with Crippen LogP contribution in [-0.4, -0.2) is 14.8 Å². The Balaban J connectivity index is 2.00. The van der Waals surface area contributed by atoms with E-state index in [1.54, 1.807) is 0 Å². The number of benzene rings is 1. The fraction of sp³-hybridized carbons (Fsp3) is 0.118. The molecule has 0 saturated carbocycles. The van der Waals surface area contributed by atoms with Crippen molar-refractivity contribution in [1.82, 2.24) is 14.8 Å². The lowest BCUT2D eigenvalue weighted by molar-refractivity contribution is -0.141. The Kier molecular flexibility index (Phi) is 4.45. The number of hydrogen-bond acceptors (Lipinski definition) is 4. The molecule has 0 unspecified atom stereocenters. The van der Waals surface area contributed by atoms with Crippen LogP contribution in [0.25, 0.3) is 5.69 Å². The minimum Gasteiger partial charge on any atom is -0.437 e. The lowest BCUT2D eigenvalue weighted by atomic mass is 10.3. The third kappa shape index (κ3) is 3.71. The number of nitrogens with zero attached hydrogens (tertiary/aromatic N) is 3. The van der Waals surface area contributed by atoms with E-state index in [0.29, 0.717) is 5.56 Å². The third-order valence-electron chi connectivity index (χ3n) is 3.38. The zero-order chi connectivity index (χ0) is 18.9. The molecule has 0 atom stereocenters. The quantitative estimate of drug-likeness (QED) is 0.661. The first-order valence-corrected chi connectivity index (χ1v) is 7.32. The number of ether oxygens (including phenoxy) is 1. The predicted octanol–water partition coefficient (Wildman–Crippen LogP) is 3.89. The summed E-state index contributed by atoms with van der Waals surface area (Å²) in [5, 5.41) is 4.02. The van der Waals surface area contributed by atoms with Crippen LogP contribution in [0.4, 0.5) is 17.6 Å². The lowest BCUT2D eigenvalue weighted by Crippen LogP contribution is -2.21. The Labute approximate surface area is 144 Å². The fourth-order valence-electron chi connectivity index (χ4n) is 2.14. The van der Waals surface area contributed by atoms with Gasteiger partial charge in [0.25, 0.3) is 5.56 Å². The standard InChI is InChI=1S/C17H11F4N3O2/c1-10-8-15(25)24(12-4-2-11(18)3-5-12)23-16(10)26-13-6-7-22-14(9-13)17(19,20)21/h2-9H,1H3.